The molecular weight excluding hydrogens is 985 g/mol. The maximum absolute atomic E-state index is 5.04. The van der Waals surface area contributed by atoms with Crippen LogP contribution in [0.25, 0.3) is 144 Å². The zero-order valence-electron chi connectivity index (χ0n) is 44.6. The van der Waals surface area contributed by atoms with E-state index in [0.29, 0.717) is 23.5 Å². The van der Waals surface area contributed by atoms with Crippen LogP contribution in [-0.4, -0.2) is 28.7 Å². The fourth-order valence-electron chi connectivity index (χ4n) is 13.2. The van der Waals surface area contributed by atoms with Gasteiger partial charge in [-0.2, -0.15) is 0 Å². The summed E-state index contributed by atoms with van der Waals surface area (Å²) in [5.74, 6) is 1.93. The SMILES string of the molecule is c1ccc(-c2nc(-c3ccccc3)nc(-c3ccc(-c4ccc(-c5ccc6c7ccc(-c8ccc9c(c8)c8ccccc8n9-c8ccccc8)cc7n(C7CCCCC7)c6c5)c(-n5c6ccccc6c6ccccc65)c4)cc3)n2)cc1. The van der Waals surface area contributed by atoms with Gasteiger partial charge in [-0.05, 0) is 101 Å². The third-order valence-corrected chi connectivity index (χ3v) is 17.1. The Morgan fingerprint density at radius 3 is 1.28 bits per heavy atom. The molecule has 1 aliphatic carbocycles. The summed E-state index contributed by atoms with van der Waals surface area (Å²) in [7, 11) is 0. The molecule has 0 N–H and O–H groups in total. The van der Waals surface area contributed by atoms with E-state index in [1.807, 2.05) is 60.7 Å². The summed E-state index contributed by atoms with van der Waals surface area (Å²) in [6.07, 6.45) is 6.13. The molecule has 0 atom stereocenters. The van der Waals surface area contributed by atoms with Gasteiger partial charge in [0.05, 0.1) is 27.8 Å². The summed E-state index contributed by atoms with van der Waals surface area (Å²) < 4.78 is 7.61. The molecule has 15 aromatic rings. The largest absolute Gasteiger partial charge is 0.337 e. The topological polar surface area (TPSA) is 53.5 Å². The van der Waals surface area contributed by atoms with E-state index in [9.17, 15) is 0 Å². The Bertz CT molecular complexity index is 4780. The van der Waals surface area contributed by atoms with Crippen molar-refractivity contribution in [3.8, 4) is 78.9 Å². The Morgan fingerprint density at radius 2 is 0.679 bits per heavy atom. The minimum absolute atomic E-state index is 0.408. The molecule has 0 radical (unpaired) electrons. The molecule has 4 heterocycles. The third kappa shape index (κ3) is 7.97. The van der Waals surface area contributed by atoms with Gasteiger partial charge in [-0.15, -0.1) is 0 Å². The highest BCUT2D eigenvalue weighted by Crippen LogP contribution is 2.44. The normalized spacial score (nSPS) is 13.1. The van der Waals surface area contributed by atoms with Crippen LogP contribution >= 0.6 is 0 Å². The lowest BCUT2D eigenvalue weighted by Gasteiger charge is -2.25. The minimum atomic E-state index is 0.408. The molecular formula is C75H54N6. The van der Waals surface area contributed by atoms with Crippen LogP contribution in [0, 0.1) is 0 Å². The van der Waals surface area contributed by atoms with Gasteiger partial charge in [-0.25, -0.2) is 15.0 Å². The van der Waals surface area contributed by atoms with Gasteiger partial charge in [0.1, 0.15) is 0 Å². The Labute approximate surface area is 469 Å². The zero-order valence-corrected chi connectivity index (χ0v) is 44.6. The molecule has 0 spiro atoms. The number of para-hydroxylation sites is 4. The summed E-state index contributed by atoms with van der Waals surface area (Å²) in [5, 5.41) is 7.61. The van der Waals surface area contributed by atoms with Crippen molar-refractivity contribution in [1.29, 1.82) is 0 Å². The number of hydrogen-bond acceptors (Lipinski definition) is 3. The van der Waals surface area contributed by atoms with Crippen molar-refractivity contribution >= 4 is 65.4 Å². The number of aromatic nitrogens is 6. The maximum Gasteiger partial charge on any atom is 0.164 e. The molecule has 384 valence electrons. The fraction of sp³-hybridized carbons (Fsp3) is 0.0800. The van der Waals surface area contributed by atoms with E-state index in [1.54, 1.807) is 0 Å². The first-order valence-corrected chi connectivity index (χ1v) is 28.4. The van der Waals surface area contributed by atoms with Crippen molar-refractivity contribution in [1.82, 2.24) is 28.7 Å². The summed E-state index contributed by atoms with van der Waals surface area (Å²) in [6.45, 7) is 0. The van der Waals surface area contributed by atoms with Gasteiger partial charge in [0.2, 0.25) is 0 Å². The van der Waals surface area contributed by atoms with Gasteiger partial charge < -0.3 is 13.7 Å². The van der Waals surface area contributed by atoms with Crippen LogP contribution in [0.4, 0.5) is 0 Å². The van der Waals surface area contributed by atoms with Crippen molar-refractivity contribution in [2.45, 2.75) is 38.1 Å². The predicted octanol–water partition coefficient (Wildman–Crippen LogP) is 19.7. The molecule has 6 nitrogen and oxygen atoms in total. The number of fused-ring (bicyclic) bond motifs is 9. The van der Waals surface area contributed by atoms with Crippen molar-refractivity contribution in [3.63, 3.8) is 0 Å². The van der Waals surface area contributed by atoms with Gasteiger partial charge in [0.25, 0.3) is 0 Å². The molecule has 0 bridgehead atoms. The molecule has 4 aromatic heterocycles. The number of benzene rings is 11. The molecule has 81 heavy (non-hydrogen) atoms. The van der Waals surface area contributed by atoms with Crippen LogP contribution in [0.1, 0.15) is 38.1 Å². The highest BCUT2D eigenvalue weighted by atomic mass is 15.0. The van der Waals surface area contributed by atoms with E-state index in [-0.39, 0.29) is 0 Å². The Kier molecular flexibility index (Phi) is 11.2. The van der Waals surface area contributed by atoms with Gasteiger partial charge in [0, 0.05) is 77.3 Å². The third-order valence-electron chi connectivity index (χ3n) is 17.1. The van der Waals surface area contributed by atoms with E-state index in [0.717, 1.165) is 33.5 Å². The van der Waals surface area contributed by atoms with E-state index in [1.165, 1.54) is 125 Å². The maximum atomic E-state index is 5.04. The fourth-order valence-corrected chi connectivity index (χ4v) is 13.2. The second-order valence-electron chi connectivity index (χ2n) is 21.8. The Hall–Kier alpha value is -10.2. The average molecular weight is 1040 g/mol. The lowest BCUT2D eigenvalue weighted by Crippen LogP contribution is -2.12. The second-order valence-corrected chi connectivity index (χ2v) is 21.8. The minimum Gasteiger partial charge on any atom is -0.337 e. The number of hydrogen-bond donors (Lipinski definition) is 0. The predicted molar refractivity (Wildman–Crippen MR) is 336 cm³/mol. The first-order valence-electron chi connectivity index (χ1n) is 28.4. The molecule has 0 aliphatic heterocycles. The van der Waals surface area contributed by atoms with Crippen LogP contribution in [0.5, 0.6) is 0 Å². The number of nitrogens with zero attached hydrogens (tertiary/aromatic N) is 6. The summed E-state index contributed by atoms with van der Waals surface area (Å²) in [5.41, 5.74) is 19.6. The molecule has 6 heteroatoms. The van der Waals surface area contributed by atoms with Crippen LogP contribution in [0.15, 0.2) is 261 Å². The molecule has 11 aromatic carbocycles. The quantitative estimate of drug-likeness (QED) is 0.145. The van der Waals surface area contributed by atoms with E-state index in [2.05, 4.69) is 214 Å². The van der Waals surface area contributed by atoms with Crippen molar-refractivity contribution < 1.29 is 0 Å². The van der Waals surface area contributed by atoms with Crippen molar-refractivity contribution in [2.75, 3.05) is 0 Å². The van der Waals surface area contributed by atoms with Crippen molar-refractivity contribution in [3.05, 3.63) is 261 Å². The molecule has 0 unspecified atom stereocenters. The monoisotopic (exact) mass is 1040 g/mol. The standard InChI is InChI=1S/C75H54N6/c1-5-19-50(20-6-1)73-76-74(51-21-7-2-8-22-51)78-75(77-73)52-35-33-49(34-36-52)54-37-41-59(70(46-54)81-67-31-17-13-27-60(67)61-28-14-18-32-68(61)81)56-39-43-64-63-42-38-55(47-71(63)80(72(64)48-56)58-25-11-4-12-26-58)53-40-44-69-65(45-53)62-29-15-16-30-66(62)79(69)57-23-9-3-10-24-57/h1-3,5-10,13-24,27-48,58H,4,11-12,25-26H2. The van der Waals surface area contributed by atoms with Gasteiger partial charge in [-0.1, -0.05) is 219 Å². The summed E-state index contributed by atoms with van der Waals surface area (Å²) in [6, 6.07) is 95.2. The molecule has 1 saturated carbocycles. The van der Waals surface area contributed by atoms with Crippen LogP contribution in [0.3, 0.4) is 0 Å². The van der Waals surface area contributed by atoms with Crippen LogP contribution in [0.2, 0.25) is 0 Å². The Balaban J connectivity index is 0.842. The van der Waals surface area contributed by atoms with E-state index in [4.69, 9.17) is 15.0 Å². The second kappa shape index (κ2) is 19.3. The first-order chi connectivity index (χ1) is 40.2. The smallest absolute Gasteiger partial charge is 0.164 e. The van der Waals surface area contributed by atoms with Crippen LogP contribution in [-0.2, 0) is 0 Å². The van der Waals surface area contributed by atoms with Gasteiger partial charge >= 0.3 is 0 Å². The molecule has 1 fully saturated rings. The highest BCUT2D eigenvalue weighted by molar-refractivity contribution is 6.13. The highest BCUT2D eigenvalue weighted by Gasteiger charge is 2.24. The molecule has 16 rings (SSSR count). The van der Waals surface area contributed by atoms with Gasteiger partial charge in [0.15, 0.2) is 17.5 Å². The lowest BCUT2D eigenvalue weighted by atomic mass is 9.94. The van der Waals surface area contributed by atoms with E-state index >= 15 is 0 Å². The Morgan fingerprint density at radius 1 is 0.272 bits per heavy atom. The molecule has 1 aliphatic rings. The van der Waals surface area contributed by atoms with Crippen molar-refractivity contribution in [2.24, 2.45) is 0 Å². The number of rotatable bonds is 9. The molecule has 0 saturated heterocycles. The lowest BCUT2D eigenvalue weighted by molar-refractivity contribution is 0.367. The van der Waals surface area contributed by atoms with Crippen LogP contribution < -0.4 is 0 Å². The average Bonchev–Trinajstić information content (AvgIpc) is 4.34. The zero-order chi connectivity index (χ0) is 53.4. The van der Waals surface area contributed by atoms with Gasteiger partial charge in [-0.3, -0.25) is 0 Å². The van der Waals surface area contributed by atoms with E-state index < -0.39 is 0 Å². The summed E-state index contributed by atoms with van der Waals surface area (Å²) >= 11 is 0. The molecule has 0 amide bonds. The first kappa shape index (κ1) is 46.9. The summed E-state index contributed by atoms with van der Waals surface area (Å²) in [4.78, 5) is 15.0.